The maximum absolute atomic E-state index is 14.2. The van der Waals surface area contributed by atoms with Crippen molar-refractivity contribution in [2.24, 2.45) is 17.8 Å². The number of carbonyl (C=O) groups is 3. The summed E-state index contributed by atoms with van der Waals surface area (Å²) in [6, 6.07) is 6.46. The zero-order valence-electron chi connectivity index (χ0n) is 23.6. The molecule has 2 bridgehead atoms. The van der Waals surface area contributed by atoms with Crippen molar-refractivity contribution >= 4 is 23.4 Å². The van der Waals surface area contributed by atoms with Crippen molar-refractivity contribution in [3.8, 4) is 5.75 Å². The van der Waals surface area contributed by atoms with Crippen molar-refractivity contribution in [1.82, 2.24) is 15.1 Å². The van der Waals surface area contributed by atoms with E-state index in [1.54, 1.807) is 24.1 Å². The molecular formula is C31H42N4O5. The van der Waals surface area contributed by atoms with E-state index in [1.807, 2.05) is 24.3 Å². The summed E-state index contributed by atoms with van der Waals surface area (Å²) in [7, 11) is 1.58. The van der Waals surface area contributed by atoms with Crippen LogP contribution in [0.3, 0.4) is 0 Å². The number of likely N-dealkylation sites (tertiary alicyclic amines) is 2. The van der Waals surface area contributed by atoms with Gasteiger partial charge in [0.05, 0.1) is 25.0 Å². The first-order valence-corrected chi connectivity index (χ1v) is 15.1. The summed E-state index contributed by atoms with van der Waals surface area (Å²) in [5.41, 5.74) is -0.541. The first-order valence-electron chi connectivity index (χ1n) is 15.1. The van der Waals surface area contributed by atoms with Gasteiger partial charge >= 0.3 is 0 Å². The predicted octanol–water partition coefficient (Wildman–Crippen LogP) is 2.97. The largest absolute Gasteiger partial charge is 0.497 e. The fourth-order valence-corrected chi connectivity index (χ4v) is 7.66. The second-order valence-electron chi connectivity index (χ2n) is 12.2. The van der Waals surface area contributed by atoms with E-state index in [1.165, 1.54) is 12.8 Å². The first kappa shape index (κ1) is 27.3. The number of nitrogens with one attached hydrogen (secondary N) is 2. The molecule has 1 spiro atoms. The van der Waals surface area contributed by atoms with E-state index in [9.17, 15) is 14.4 Å². The molecule has 9 heteroatoms. The maximum atomic E-state index is 14.2. The molecule has 40 heavy (non-hydrogen) atoms. The highest BCUT2D eigenvalue weighted by molar-refractivity contribution is 6.02. The fourth-order valence-electron chi connectivity index (χ4n) is 7.66. The van der Waals surface area contributed by atoms with Crippen LogP contribution in [0.2, 0.25) is 0 Å². The Bertz CT molecular complexity index is 1170. The van der Waals surface area contributed by atoms with Crippen LogP contribution >= 0.6 is 0 Å². The fraction of sp³-hybridized carbons (Fsp3) is 0.645. The van der Waals surface area contributed by atoms with Gasteiger partial charge in [0.1, 0.15) is 17.4 Å². The van der Waals surface area contributed by atoms with Crippen molar-refractivity contribution in [1.29, 1.82) is 0 Å². The third-order valence-electron chi connectivity index (χ3n) is 9.81. The summed E-state index contributed by atoms with van der Waals surface area (Å²) in [4.78, 5) is 46.1. The minimum atomic E-state index is -1.14. The van der Waals surface area contributed by atoms with Crippen LogP contribution in [0.25, 0.3) is 0 Å². The van der Waals surface area contributed by atoms with Gasteiger partial charge < -0.3 is 29.9 Å². The van der Waals surface area contributed by atoms with Crippen LogP contribution in [0.15, 0.2) is 36.4 Å². The Morgan fingerprint density at radius 3 is 2.65 bits per heavy atom. The van der Waals surface area contributed by atoms with Crippen LogP contribution in [0, 0.1) is 17.8 Å². The number of hydrogen-bond acceptors (Lipinski definition) is 6. The lowest BCUT2D eigenvalue weighted by Crippen LogP contribution is -2.58. The van der Waals surface area contributed by atoms with E-state index in [4.69, 9.17) is 9.47 Å². The first-order chi connectivity index (χ1) is 19.4. The predicted molar refractivity (Wildman–Crippen MR) is 151 cm³/mol. The van der Waals surface area contributed by atoms with Crippen LogP contribution in [-0.2, 0) is 19.1 Å². The van der Waals surface area contributed by atoms with E-state index in [0.29, 0.717) is 30.4 Å². The SMILES string of the molecule is COc1cccc(NC(=O)[C@H]2[C@H]3C=C[C@@]4(O3)[C@H]2C(=O)N(CCN2CCCCC2)[C@@H]4C(=O)N[C@@H]2CCCC[C@@H]2C)c1. The molecule has 1 aromatic rings. The Morgan fingerprint density at radius 2 is 1.88 bits per heavy atom. The number of carbonyl (C=O) groups excluding carboxylic acids is 3. The molecule has 1 saturated carbocycles. The minimum Gasteiger partial charge on any atom is -0.497 e. The number of benzene rings is 1. The monoisotopic (exact) mass is 550 g/mol. The van der Waals surface area contributed by atoms with Crippen LogP contribution in [-0.4, -0.2) is 84.6 Å². The molecule has 3 amide bonds. The number of piperidine rings is 1. The van der Waals surface area contributed by atoms with E-state index >= 15 is 0 Å². The van der Waals surface area contributed by atoms with Gasteiger partial charge in [-0.25, -0.2) is 0 Å². The zero-order chi connectivity index (χ0) is 27.9. The summed E-state index contributed by atoms with van der Waals surface area (Å²) >= 11 is 0. The van der Waals surface area contributed by atoms with Crippen LogP contribution in [0.5, 0.6) is 5.75 Å². The zero-order valence-corrected chi connectivity index (χ0v) is 23.6. The van der Waals surface area contributed by atoms with Crippen molar-refractivity contribution in [3.63, 3.8) is 0 Å². The topological polar surface area (TPSA) is 100 Å². The van der Waals surface area contributed by atoms with Gasteiger partial charge in [0.25, 0.3) is 0 Å². The molecule has 6 rings (SSSR count). The van der Waals surface area contributed by atoms with Crippen molar-refractivity contribution < 1.29 is 23.9 Å². The Kier molecular flexibility index (Phi) is 7.61. The van der Waals surface area contributed by atoms with Gasteiger partial charge in [-0.15, -0.1) is 0 Å². The Morgan fingerprint density at radius 1 is 1.07 bits per heavy atom. The molecule has 9 nitrogen and oxygen atoms in total. The van der Waals surface area contributed by atoms with E-state index in [-0.39, 0.29) is 23.8 Å². The van der Waals surface area contributed by atoms with Crippen LogP contribution < -0.4 is 15.4 Å². The quantitative estimate of drug-likeness (QED) is 0.483. The third kappa shape index (κ3) is 4.81. The van der Waals surface area contributed by atoms with Gasteiger partial charge in [-0.05, 0) is 56.8 Å². The van der Waals surface area contributed by atoms with Crippen LogP contribution in [0.1, 0.15) is 51.9 Å². The van der Waals surface area contributed by atoms with E-state index < -0.39 is 29.6 Å². The van der Waals surface area contributed by atoms with E-state index in [2.05, 4.69) is 22.5 Å². The van der Waals surface area contributed by atoms with E-state index in [0.717, 1.165) is 45.2 Å². The lowest BCUT2D eigenvalue weighted by molar-refractivity contribution is -0.141. The smallest absolute Gasteiger partial charge is 0.246 e. The summed E-state index contributed by atoms with van der Waals surface area (Å²) in [5.74, 6) is -1.03. The number of methoxy groups -OCH3 is 1. The van der Waals surface area contributed by atoms with Gasteiger partial charge in [0.2, 0.25) is 17.7 Å². The molecule has 0 radical (unpaired) electrons. The molecule has 5 aliphatic rings. The summed E-state index contributed by atoms with van der Waals surface area (Å²) < 4.78 is 11.8. The number of nitrogens with zero attached hydrogens (tertiary/aromatic N) is 2. The standard InChI is InChI=1S/C31H42N4O5/c1-20-9-4-5-12-23(20)33-29(37)27-31-14-13-24(40-31)25(28(36)32-21-10-8-11-22(19-21)39-2)26(31)30(38)35(27)18-17-34-15-6-3-7-16-34/h8,10-11,13-14,19-20,23-27H,3-7,9,12,15-18H2,1-2H3,(H,32,36)(H,33,37)/t20-,23+,24+,25-,26+,27+,31+/m0/s1. The highest BCUT2D eigenvalue weighted by atomic mass is 16.5. The Labute approximate surface area is 236 Å². The average Bonchev–Trinajstić information content (AvgIpc) is 3.61. The van der Waals surface area contributed by atoms with Gasteiger partial charge in [-0.1, -0.05) is 44.4 Å². The summed E-state index contributed by atoms with van der Waals surface area (Å²) in [6.07, 6.45) is 11.1. The molecule has 4 aliphatic heterocycles. The second kappa shape index (κ2) is 11.2. The molecule has 7 atom stereocenters. The lowest BCUT2D eigenvalue weighted by atomic mass is 9.74. The molecule has 216 valence electrons. The normalized spacial score (nSPS) is 35.0. The van der Waals surface area contributed by atoms with Gasteiger partial charge in [-0.3, -0.25) is 14.4 Å². The number of hydrogen-bond donors (Lipinski definition) is 2. The highest BCUT2D eigenvalue weighted by Crippen LogP contribution is 2.55. The number of rotatable bonds is 8. The van der Waals surface area contributed by atoms with Gasteiger partial charge in [0, 0.05) is 30.9 Å². The maximum Gasteiger partial charge on any atom is 0.246 e. The second-order valence-corrected chi connectivity index (χ2v) is 12.2. The lowest BCUT2D eigenvalue weighted by Gasteiger charge is -2.36. The number of amides is 3. The van der Waals surface area contributed by atoms with Crippen molar-refractivity contribution in [2.45, 2.75) is 75.7 Å². The molecule has 1 aliphatic carbocycles. The molecule has 0 aromatic heterocycles. The Hall–Kier alpha value is -2.91. The molecule has 3 saturated heterocycles. The van der Waals surface area contributed by atoms with Gasteiger partial charge in [0.15, 0.2) is 0 Å². The van der Waals surface area contributed by atoms with Crippen molar-refractivity contribution in [2.75, 3.05) is 38.6 Å². The minimum absolute atomic E-state index is 0.0884. The molecule has 4 fully saturated rings. The van der Waals surface area contributed by atoms with Crippen LogP contribution in [0.4, 0.5) is 5.69 Å². The molecule has 0 unspecified atom stereocenters. The molecule has 4 heterocycles. The third-order valence-corrected chi connectivity index (χ3v) is 9.81. The summed E-state index contributed by atoms with van der Waals surface area (Å²) in [5, 5.41) is 6.29. The number of fused-ring (bicyclic) bond motifs is 1. The average molecular weight is 551 g/mol. The Balaban J connectivity index is 1.27. The number of ether oxygens (including phenoxy) is 2. The molecular weight excluding hydrogens is 508 g/mol. The molecule has 2 N–H and O–H groups in total. The summed E-state index contributed by atoms with van der Waals surface area (Å²) in [6.45, 7) is 5.37. The number of anilines is 1. The van der Waals surface area contributed by atoms with Crippen molar-refractivity contribution in [3.05, 3.63) is 36.4 Å². The molecule has 1 aromatic carbocycles. The van der Waals surface area contributed by atoms with Gasteiger partial charge in [-0.2, -0.15) is 0 Å². The highest BCUT2D eigenvalue weighted by Gasteiger charge is 2.72.